The summed E-state index contributed by atoms with van der Waals surface area (Å²) < 4.78 is 11.4. The molecule has 0 radical (unpaired) electrons. The molecule has 0 aliphatic heterocycles. The van der Waals surface area contributed by atoms with Gasteiger partial charge >= 0.3 is 0 Å². The van der Waals surface area contributed by atoms with Crippen LogP contribution in [0.1, 0.15) is 17.5 Å². The molecule has 2 aromatic carbocycles. The van der Waals surface area contributed by atoms with E-state index in [1.54, 1.807) is 0 Å². The molecular weight excluding hydrogens is 264 g/mol. The van der Waals surface area contributed by atoms with Gasteiger partial charge in [0.05, 0.1) is 18.9 Å². The normalized spacial score (nSPS) is 10.4. The summed E-state index contributed by atoms with van der Waals surface area (Å²) in [4.78, 5) is 0. The highest BCUT2D eigenvalue weighted by Gasteiger charge is 2.04. The number of hydrogen-bond donors (Lipinski definition) is 2. The zero-order valence-electron chi connectivity index (χ0n) is 12.6. The molecule has 0 bridgehead atoms. The molecule has 0 heterocycles. The van der Waals surface area contributed by atoms with Crippen LogP contribution in [0.3, 0.4) is 0 Å². The second-order valence-corrected chi connectivity index (χ2v) is 5.01. The Labute approximate surface area is 125 Å². The molecule has 0 unspecified atom stereocenters. The molecule has 0 saturated heterocycles. The Morgan fingerprint density at radius 3 is 2.24 bits per heavy atom. The Kier molecular flexibility index (Phi) is 4.93. The summed E-state index contributed by atoms with van der Waals surface area (Å²) >= 11 is 0. The molecule has 0 aromatic heterocycles. The van der Waals surface area contributed by atoms with E-state index in [1.807, 2.05) is 50.2 Å². The van der Waals surface area contributed by atoms with Crippen molar-refractivity contribution in [2.45, 2.75) is 20.3 Å². The lowest BCUT2D eigenvalue weighted by Crippen LogP contribution is -2.07. The van der Waals surface area contributed by atoms with Crippen LogP contribution in [0.25, 0.3) is 0 Å². The molecule has 0 aliphatic carbocycles. The molecule has 2 rings (SSSR count). The molecule has 0 spiro atoms. The topological polar surface area (TPSA) is 70.5 Å². The van der Waals surface area contributed by atoms with Gasteiger partial charge in [0.1, 0.15) is 11.5 Å². The molecule has 0 saturated carbocycles. The average molecular weight is 286 g/mol. The first-order valence-electron chi connectivity index (χ1n) is 7.05. The monoisotopic (exact) mass is 286 g/mol. The van der Waals surface area contributed by atoms with Crippen LogP contribution < -0.4 is 20.9 Å². The molecule has 0 aliphatic rings. The first kappa shape index (κ1) is 15.0. The summed E-state index contributed by atoms with van der Waals surface area (Å²) in [5, 5.41) is 0. The van der Waals surface area contributed by atoms with E-state index in [2.05, 4.69) is 0 Å². The standard InChI is InChI=1S/C17H22N2O2/c1-12-6-3-9-16(17(12)19)21-11-5-10-20-15-8-4-7-14(18)13(15)2/h3-4,6-9H,5,10-11,18-19H2,1-2H3. The first-order valence-corrected chi connectivity index (χ1v) is 7.05. The van der Waals surface area contributed by atoms with Crippen molar-refractivity contribution < 1.29 is 9.47 Å². The SMILES string of the molecule is Cc1cccc(OCCCOc2cccc(N)c2C)c1N. The van der Waals surface area contributed by atoms with Crippen LogP contribution in [0.5, 0.6) is 11.5 Å². The van der Waals surface area contributed by atoms with Gasteiger partial charge in [-0.15, -0.1) is 0 Å². The molecule has 4 nitrogen and oxygen atoms in total. The fourth-order valence-electron chi connectivity index (χ4n) is 1.99. The van der Waals surface area contributed by atoms with E-state index in [-0.39, 0.29) is 0 Å². The average Bonchev–Trinajstić information content (AvgIpc) is 2.47. The zero-order valence-corrected chi connectivity index (χ0v) is 12.6. The summed E-state index contributed by atoms with van der Waals surface area (Å²) in [6.45, 7) is 5.06. The number of para-hydroxylation sites is 1. The lowest BCUT2D eigenvalue weighted by atomic mass is 10.2. The number of nitrogens with two attached hydrogens (primary N) is 2. The maximum Gasteiger partial charge on any atom is 0.142 e. The molecule has 2 aromatic rings. The quantitative estimate of drug-likeness (QED) is 0.631. The van der Waals surface area contributed by atoms with E-state index in [0.29, 0.717) is 18.9 Å². The van der Waals surface area contributed by atoms with Gasteiger partial charge in [0.15, 0.2) is 0 Å². The van der Waals surface area contributed by atoms with Crippen LogP contribution in [0.4, 0.5) is 11.4 Å². The largest absolute Gasteiger partial charge is 0.493 e. The Bertz CT molecular complexity index is 558. The number of nitrogen functional groups attached to an aromatic ring is 2. The number of aryl methyl sites for hydroxylation is 1. The predicted molar refractivity (Wildman–Crippen MR) is 86.8 cm³/mol. The maximum absolute atomic E-state index is 5.95. The minimum atomic E-state index is 0.565. The summed E-state index contributed by atoms with van der Waals surface area (Å²) in [5.74, 6) is 1.56. The molecule has 0 fully saturated rings. The third kappa shape index (κ3) is 3.81. The van der Waals surface area contributed by atoms with E-state index >= 15 is 0 Å². The van der Waals surface area contributed by atoms with Crippen LogP contribution in [0.2, 0.25) is 0 Å². The highest BCUT2D eigenvalue weighted by Crippen LogP contribution is 2.25. The number of hydrogen-bond acceptors (Lipinski definition) is 4. The van der Waals surface area contributed by atoms with E-state index in [9.17, 15) is 0 Å². The number of benzene rings is 2. The smallest absolute Gasteiger partial charge is 0.142 e. The summed E-state index contributed by atoms with van der Waals surface area (Å²) in [5.41, 5.74) is 15.2. The summed E-state index contributed by atoms with van der Waals surface area (Å²) in [6.07, 6.45) is 0.779. The van der Waals surface area contributed by atoms with Gasteiger partial charge in [0, 0.05) is 17.7 Å². The molecule has 4 N–H and O–H groups in total. The summed E-state index contributed by atoms with van der Waals surface area (Å²) in [7, 11) is 0. The van der Waals surface area contributed by atoms with Crippen molar-refractivity contribution in [2.75, 3.05) is 24.7 Å². The van der Waals surface area contributed by atoms with Gasteiger partial charge in [-0.2, -0.15) is 0 Å². The Morgan fingerprint density at radius 2 is 1.48 bits per heavy atom. The van der Waals surface area contributed by atoms with Gasteiger partial charge in [-0.25, -0.2) is 0 Å². The van der Waals surface area contributed by atoms with Gasteiger partial charge in [0.2, 0.25) is 0 Å². The second-order valence-electron chi connectivity index (χ2n) is 5.01. The van der Waals surface area contributed by atoms with Crippen molar-refractivity contribution in [1.82, 2.24) is 0 Å². The van der Waals surface area contributed by atoms with Crippen molar-refractivity contribution in [3.05, 3.63) is 47.5 Å². The van der Waals surface area contributed by atoms with Crippen LogP contribution in [-0.4, -0.2) is 13.2 Å². The lowest BCUT2D eigenvalue weighted by Gasteiger charge is -2.12. The van der Waals surface area contributed by atoms with Gasteiger partial charge < -0.3 is 20.9 Å². The van der Waals surface area contributed by atoms with Crippen molar-refractivity contribution in [3.63, 3.8) is 0 Å². The van der Waals surface area contributed by atoms with Gasteiger partial charge in [0.25, 0.3) is 0 Å². The van der Waals surface area contributed by atoms with Crippen molar-refractivity contribution >= 4 is 11.4 Å². The van der Waals surface area contributed by atoms with Gasteiger partial charge in [-0.3, -0.25) is 0 Å². The fourth-order valence-corrected chi connectivity index (χ4v) is 1.99. The van der Waals surface area contributed by atoms with E-state index in [0.717, 1.165) is 34.7 Å². The predicted octanol–water partition coefficient (Wildman–Crippen LogP) is 3.32. The van der Waals surface area contributed by atoms with Crippen LogP contribution >= 0.6 is 0 Å². The Hall–Kier alpha value is -2.36. The third-order valence-corrected chi connectivity index (χ3v) is 3.41. The summed E-state index contributed by atoms with van der Waals surface area (Å²) in [6, 6.07) is 11.5. The molecular formula is C17H22N2O2. The third-order valence-electron chi connectivity index (χ3n) is 3.41. The molecule has 0 amide bonds. The maximum atomic E-state index is 5.95. The zero-order chi connectivity index (χ0) is 15.2. The van der Waals surface area contributed by atoms with E-state index in [1.165, 1.54) is 0 Å². The highest BCUT2D eigenvalue weighted by atomic mass is 16.5. The van der Waals surface area contributed by atoms with E-state index < -0.39 is 0 Å². The second kappa shape index (κ2) is 6.88. The Balaban J connectivity index is 1.78. The van der Waals surface area contributed by atoms with Crippen molar-refractivity contribution in [1.29, 1.82) is 0 Å². The number of ether oxygens (including phenoxy) is 2. The first-order chi connectivity index (χ1) is 10.1. The minimum absolute atomic E-state index is 0.565. The van der Waals surface area contributed by atoms with Gasteiger partial charge in [-0.1, -0.05) is 18.2 Å². The minimum Gasteiger partial charge on any atom is -0.493 e. The Morgan fingerprint density at radius 1 is 0.857 bits per heavy atom. The van der Waals surface area contributed by atoms with Crippen LogP contribution in [0.15, 0.2) is 36.4 Å². The van der Waals surface area contributed by atoms with Gasteiger partial charge in [-0.05, 0) is 37.6 Å². The molecule has 21 heavy (non-hydrogen) atoms. The van der Waals surface area contributed by atoms with E-state index in [4.69, 9.17) is 20.9 Å². The highest BCUT2D eigenvalue weighted by molar-refractivity contribution is 5.57. The van der Waals surface area contributed by atoms with Crippen molar-refractivity contribution in [2.24, 2.45) is 0 Å². The molecule has 4 heteroatoms. The fraction of sp³-hybridized carbons (Fsp3) is 0.294. The molecule has 112 valence electrons. The van der Waals surface area contributed by atoms with Crippen LogP contribution in [-0.2, 0) is 0 Å². The van der Waals surface area contributed by atoms with Crippen molar-refractivity contribution in [3.8, 4) is 11.5 Å². The lowest BCUT2D eigenvalue weighted by molar-refractivity contribution is 0.247. The number of anilines is 2. The number of rotatable bonds is 6. The molecule has 0 atom stereocenters. The van der Waals surface area contributed by atoms with Crippen LogP contribution in [0, 0.1) is 13.8 Å².